The van der Waals surface area contributed by atoms with Crippen molar-refractivity contribution in [2.45, 2.75) is 18.2 Å². The molecule has 0 nitrogen and oxygen atoms in total. The van der Waals surface area contributed by atoms with Gasteiger partial charge in [0.1, 0.15) is 17.5 Å². The fourth-order valence-corrected chi connectivity index (χ4v) is 2.69. The zero-order chi connectivity index (χ0) is 14.0. The first-order valence-corrected chi connectivity index (χ1v) is 6.74. The van der Waals surface area contributed by atoms with Crippen LogP contribution in [-0.2, 0) is 6.42 Å². The molecule has 0 spiro atoms. The van der Waals surface area contributed by atoms with Gasteiger partial charge in [-0.1, -0.05) is 40.2 Å². The van der Waals surface area contributed by atoms with E-state index >= 15 is 0 Å². The van der Waals surface area contributed by atoms with Crippen LogP contribution in [0.4, 0.5) is 13.2 Å². The average Bonchev–Trinajstić information content (AvgIpc) is 2.37. The van der Waals surface area contributed by atoms with E-state index in [-0.39, 0.29) is 17.8 Å². The molecule has 2 aromatic carbocycles. The monoisotopic (exact) mass is 328 g/mol. The Hall–Kier alpha value is -1.29. The van der Waals surface area contributed by atoms with E-state index in [9.17, 15) is 13.2 Å². The van der Waals surface area contributed by atoms with Crippen LogP contribution in [0.1, 0.15) is 21.5 Å². The largest absolute Gasteiger partial charge is 0.207 e. The molecule has 0 fully saturated rings. The Bertz CT molecular complexity index is 596. The second-order valence-electron chi connectivity index (χ2n) is 4.36. The lowest BCUT2D eigenvalue weighted by atomic mass is 10.0. The first-order chi connectivity index (χ1) is 9.00. The molecule has 0 radical (unpaired) electrons. The Morgan fingerprint density at radius 3 is 2.37 bits per heavy atom. The number of alkyl halides is 1. The van der Waals surface area contributed by atoms with Crippen LogP contribution in [0.2, 0.25) is 0 Å². The lowest BCUT2D eigenvalue weighted by Gasteiger charge is -2.14. The highest BCUT2D eigenvalue weighted by Gasteiger charge is 2.20. The van der Waals surface area contributed by atoms with Crippen LogP contribution >= 0.6 is 15.9 Å². The van der Waals surface area contributed by atoms with Gasteiger partial charge >= 0.3 is 0 Å². The third-order valence-corrected chi connectivity index (χ3v) is 3.77. The summed E-state index contributed by atoms with van der Waals surface area (Å²) in [6, 6.07) is 8.82. The topological polar surface area (TPSA) is 0 Å². The van der Waals surface area contributed by atoms with E-state index in [1.165, 1.54) is 18.2 Å². The van der Waals surface area contributed by atoms with Gasteiger partial charge in [-0.05, 0) is 36.6 Å². The lowest BCUT2D eigenvalue weighted by molar-refractivity contribution is 0.544. The van der Waals surface area contributed by atoms with Crippen LogP contribution < -0.4 is 0 Å². The van der Waals surface area contributed by atoms with Gasteiger partial charge in [-0.3, -0.25) is 0 Å². The van der Waals surface area contributed by atoms with E-state index in [4.69, 9.17) is 0 Å². The van der Waals surface area contributed by atoms with Crippen molar-refractivity contribution in [1.82, 2.24) is 0 Å². The molecule has 0 saturated carbocycles. The second-order valence-corrected chi connectivity index (χ2v) is 5.46. The summed E-state index contributed by atoms with van der Waals surface area (Å²) in [6.45, 7) is 1.57. The highest BCUT2D eigenvalue weighted by Crippen LogP contribution is 2.32. The van der Waals surface area contributed by atoms with E-state index in [2.05, 4.69) is 15.9 Å². The van der Waals surface area contributed by atoms with Gasteiger partial charge in [-0.2, -0.15) is 0 Å². The summed E-state index contributed by atoms with van der Waals surface area (Å²) in [7, 11) is 0. The molecule has 0 aliphatic rings. The normalized spacial score (nSPS) is 12.5. The van der Waals surface area contributed by atoms with E-state index in [0.29, 0.717) is 11.1 Å². The van der Waals surface area contributed by atoms with Crippen molar-refractivity contribution in [1.29, 1.82) is 0 Å². The highest BCUT2D eigenvalue weighted by atomic mass is 79.9. The molecule has 0 aliphatic carbocycles. The first-order valence-electron chi connectivity index (χ1n) is 5.82. The minimum absolute atomic E-state index is 0.0525. The lowest BCUT2D eigenvalue weighted by Crippen LogP contribution is -2.05. The molecular weight excluding hydrogens is 317 g/mol. The molecule has 2 aromatic rings. The summed E-state index contributed by atoms with van der Waals surface area (Å²) < 4.78 is 41.2. The molecule has 0 bridgehead atoms. The fraction of sp³-hybridized carbons (Fsp3) is 0.200. The third kappa shape index (κ3) is 3.00. The van der Waals surface area contributed by atoms with Crippen molar-refractivity contribution in [2.24, 2.45) is 0 Å². The Balaban J connectivity index is 2.33. The second kappa shape index (κ2) is 5.78. The van der Waals surface area contributed by atoms with E-state index in [1.54, 1.807) is 25.1 Å². The molecule has 2 rings (SSSR count). The third-order valence-electron chi connectivity index (χ3n) is 2.99. The molecule has 0 aliphatic heterocycles. The van der Waals surface area contributed by atoms with Crippen LogP contribution in [0.15, 0.2) is 36.4 Å². The fourth-order valence-electron chi connectivity index (χ4n) is 1.92. The predicted octanol–water partition coefficient (Wildman–Crippen LogP) is 5.09. The Morgan fingerprint density at radius 1 is 1.00 bits per heavy atom. The smallest absolute Gasteiger partial charge is 0.133 e. The van der Waals surface area contributed by atoms with E-state index < -0.39 is 16.5 Å². The van der Waals surface area contributed by atoms with Crippen molar-refractivity contribution in [3.63, 3.8) is 0 Å². The van der Waals surface area contributed by atoms with Crippen LogP contribution in [0.5, 0.6) is 0 Å². The van der Waals surface area contributed by atoms with Crippen LogP contribution in [-0.4, -0.2) is 0 Å². The van der Waals surface area contributed by atoms with E-state index in [0.717, 1.165) is 0 Å². The van der Waals surface area contributed by atoms with E-state index in [1.807, 2.05) is 0 Å². The number of benzene rings is 2. The zero-order valence-electron chi connectivity index (χ0n) is 10.3. The maximum absolute atomic E-state index is 14.0. The van der Waals surface area contributed by atoms with Gasteiger partial charge in [0.2, 0.25) is 0 Å². The Kier molecular flexibility index (Phi) is 4.30. The van der Waals surface area contributed by atoms with Crippen LogP contribution in [0, 0.1) is 24.4 Å². The number of hydrogen-bond acceptors (Lipinski definition) is 0. The molecule has 0 heterocycles. The van der Waals surface area contributed by atoms with Gasteiger partial charge in [0.05, 0.1) is 0 Å². The Morgan fingerprint density at radius 2 is 1.68 bits per heavy atom. The van der Waals surface area contributed by atoms with Crippen LogP contribution in [0.25, 0.3) is 0 Å². The van der Waals surface area contributed by atoms with Crippen LogP contribution in [0.3, 0.4) is 0 Å². The summed E-state index contributed by atoms with van der Waals surface area (Å²) in [4.78, 5) is -0.607. The van der Waals surface area contributed by atoms with Crippen molar-refractivity contribution < 1.29 is 13.2 Å². The molecule has 19 heavy (non-hydrogen) atoms. The summed E-state index contributed by atoms with van der Waals surface area (Å²) in [5, 5.41) is 0. The van der Waals surface area contributed by atoms with Crippen molar-refractivity contribution in [3.05, 3.63) is 70.5 Å². The number of halogens is 4. The maximum atomic E-state index is 14.0. The average molecular weight is 329 g/mol. The predicted molar refractivity (Wildman–Crippen MR) is 72.9 cm³/mol. The van der Waals surface area contributed by atoms with Gasteiger partial charge in [0.25, 0.3) is 0 Å². The minimum atomic E-state index is -0.624. The number of hydrogen-bond donors (Lipinski definition) is 0. The Labute approximate surface area is 118 Å². The molecule has 100 valence electrons. The molecular formula is C15H12BrF3. The molecule has 4 heteroatoms. The summed E-state index contributed by atoms with van der Waals surface area (Å²) in [6.07, 6.45) is 0.184. The van der Waals surface area contributed by atoms with Gasteiger partial charge in [-0.15, -0.1) is 0 Å². The quantitative estimate of drug-likeness (QED) is 0.688. The summed E-state index contributed by atoms with van der Waals surface area (Å²) >= 11 is 3.25. The molecule has 0 N–H and O–H groups in total. The number of aryl methyl sites for hydroxylation is 1. The summed E-state index contributed by atoms with van der Waals surface area (Å²) in [5.41, 5.74) is 0.738. The molecule has 1 unspecified atom stereocenters. The van der Waals surface area contributed by atoms with Gasteiger partial charge in [0, 0.05) is 10.4 Å². The summed E-state index contributed by atoms with van der Waals surface area (Å²) in [5.74, 6) is -1.58. The molecule has 0 saturated heterocycles. The highest BCUT2D eigenvalue weighted by molar-refractivity contribution is 9.09. The standard InChI is InChI=1S/C15H12BrF3/c1-9-6-7-13(18)14(15(9)19)11(16)8-10-4-2-3-5-12(10)17/h2-7,11H,8H2,1H3. The van der Waals surface area contributed by atoms with Crippen molar-refractivity contribution in [3.8, 4) is 0 Å². The van der Waals surface area contributed by atoms with Gasteiger partial charge in [0.15, 0.2) is 0 Å². The minimum Gasteiger partial charge on any atom is -0.207 e. The SMILES string of the molecule is Cc1ccc(F)c(C(Br)Cc2ccccc2F)c1F. The molecule has 1 atom stereocenters. The molecule has 0 aromatic heterocycles. The van der Waals surface area contributed by atoms with Gasteiger partial charge in [-0.25, -0.2) is 13.2 Å². The maximum Gasteiger partial charge on any atom is 0.133 e. The van der Waals surface area contributed by atoms with Crippen molar-refractivity contribution in [2.75, 3.05) is 0 Å². The van der Waals surface area contributed by atoms with Gasteiger partial charge < -0.3 is 0 Å². The first kappa shape index (κ1) is 14.1. The number of rotatable bonds is 3. The zero-order valence-corrected chi connectivity index (χ0v) is 11.8. The van der Waals surface area contributed by atoms with Crippen molar-refractivity contribution >= 4 is 15.9 Å². The molecule has 0 amide bonds.